The van der Waals surface area contributed by atoms with Gasteiger partial charge in [0.25, 0.3) is 0 Å². The van der Waals surface area contributed by atoms with Crippen molar-refractivity contribution in [2.45, 2.75) is 64.1 Å². The van der Waals surface area contributed by atoms with Crippen molar-refractivity contribution in [1.82, 2.24) is 15.1 Å². The molecule has 0 aromatic heterocycles. The highest BCUT2D eigenvalue weighted by Gasteiger charge is 2.32. The molecular weight excluding hydrogens is 266 g/mol. The van der Waals surface area contributed by atoms with E-state index in [9.17, 15) is 9.90 Å². The molecule has 0 radical (unpaired) electrons. The normalized spacial score (nSPS) is 21.8. The summed E-state index contributed by atoms with van der Waals surface area (Å²) in [5, 5.41) is 13.0. The second-order valence-corrected chi connectivity index (χ2v) is 7.22. The molecular formula is C16H31N3O2. The zero-order valence-corrected chi connectivity index (χ0v) is 13.8. The molecule has 1 aliphatic carbocycles. The van der Waals surface area contributed by atoms with Gasteiger partial charge < -0.3 is 15.3 Å². The van der Waals surface area contributed by atoms with Crippen molar-refractivity contribution in [3.63, 3.8) is 0 Å². The number of likely N-dealkylation sites (tertiary alicyclic amines) is 1. The van der Waals surface area contributed by atoms with Gasteiger partial charge in [0.15, 0.2) is 0 Å². The summed E-state index contributed by atoms with van der Waals surface area (Å²) >= 11 is 0. The van der Waals surface area contributed by atoms with Gasteiger partial charge in [0, 0.05) is 31.7 Å². The predicted molar refractivity (Wildman–Crippen MR) is 84.2 cm³/mol. The Balaban J connectivity index is 1.68. The van der Waals surface area contributed by atoms with Crippen LogP contribution in [0, 0.1) is 0 Å². The van der Waals surface area contributed by atoms with E-state index < -0.39 is 5.60 Å². The average Bonchev–Trinajstić information content (AvgIpc) is 3.21. The number of hydrogen-bond acceptors (Lipinski definition) is 4. The highest BCUT2D eigenvalue weighted by atomic mass is 16.3. The first-order chi connectivity index (χ1) is 9.87. The van der Waals surface area contributed by atoms with E-state index in [1.54, 1.807) is 13.8 Å². The number of piperidine rings is 1. The molecule has 0 aromatic rings. The molecule has 0 atom stereocenters. The smallest absolute Gasteiger partial charge is 0.234 e. The van der Waals surface area contributed by atoms with Gasteiger partial charge in [-0.15, -0.1) is 0 Å². The van der Waals surface area contributed by atoms with Crippen LogP contribution in [0.25, 0.3) is 0 Å². The Labute approximate surface area is 128 Å². The minimum atomic E-state index is -0.758. The Morgan fingerprint density at radius 3 is 2.38 bits per heavy atom. The van der Waals surface area contributed by atoms with Crippen LogP contribution < -0.4 is 5.32 Å². The van der Waals surface area contributed by atoms with Gasteiger partial charge in [0.1, 0.15) is 0 Å². The van der Waals surface area contributed by atoms with E-state index in [1.807, 2.05) is 11.8 Å². The average molecular weight is 297 g/mol. The number of hydrogen-bond donors (Lipinski definition) is 2. The van der Waals surface area contributed by atoms with E-state index in [0.29, 0.717) is 19.1 Å². The van der Waals surface area contributed by atoms with Crippen LogP contribution in [0.2, 0.25) is 0 Å². The number of nitrogens with one attached hydrogen (secondary N) is 1. The molecule has 1 saturated carbocycles. The van der Waals surface area contributed by atoms with Crippen LogP contribution in [-0.2, 0) is 4.79 Å². The summed E-state index contributed by atoms with van der Waals surface area (Å²) in [5.41, 5.74) is -0.758. The minimum absolute atomic E-state index is 0.0889. The Kier molecular flexibility index (Phi) is 5.63. The molecule has 1 aliphatic heterocycles. The van der Waals surface area contributed by atoms with Crippen molar-refractivity contribution in [2.24, 2.45) is 0 Å². The monoisotopic (exact) mass is 297 g/mol. The molecule has 122 valence electrons. The van der Waals surface area contributed by atoms with E-state index in [1.165, 1.54) is 12.8 Å². The van der Waals surface area contributed by atoms with Crippen molar-refractivity contribution < 1.29 is 9.90 Å². The minimum Gasteiger partial charge on any atom is -0.389 e. The zero-order chi connectivity index (χ0) is 15.5. The van der Waals surface area contributed by atoms with Gasteiger partial charge in [-0.05, 0) is 46.1 Å². The number of carbonyl (C=O) groups is 1. The molecule has 0 unspecified atom stereocenters. The van der Waals surface area contributed by atoms with E-state index in [4.69, 9.17) is 0 Å². The van der Waals surface area contributed by atoms with Crippen molar-refractivity contribution in [2.75, 3.05) is 32.7 Å². The second-order valence-electron chi connectivity index (χ2n) is 7.22. The zero-order valence-electron chi connectivity index (χ0n) is 13.8. The van der Waals surface area contributed by atoms with Crippen LogP contribution in [0.5, 0.6) is 0 Å². The van der Waals surface area contributed by atoms with Gasteiger partial charge in [-0.2, -0.15) is 0 Å². The molecule has 2 fully saturated rings. The van der Waals surface area contributed by atoms with Crippen LogP contribution in [-0.4, -0.2) is 71.2 Å². The maximum atomic E-state index is 12.1. The molecule has 0 spiro atoms. The highest BCUT2D eigenvalue weighted by molar-refractivity contribution is 5.78. The number of nitrogens with zero attached hydrogens (tertiary/aromatic N) is 2. The first-order valence-corrected chi connectivity index (χ1v) is 8.35. The summed E-state index contributed by atoms with van der Waals surface area (Å²) in [6.45, 7) is 9.50. The van der Waals surface area contributed by atoms with E-state index in [-0.39, 0.29) is 5.91 Å². The summed E-state index contributed by atoms with van der Waals surface area (Å²) in [6.07, 6.45) is 4.86. The SMILES string of the molecule is CCN(CC(=O)NC1CCN(C2CC2)CC1)CC(C)(C)O. The number of likely N-dealkylation sites (N-methyl/N-ethyl adjacent to an activating group) is 1. The Hall–Kier alpha value is -0.650. The lowest BCUT2D eigenvalue weighted by Crippen LogP contribution is -2.49. The van der Waals surface area contributed by atoms with Crippen molar-refractivity contribution in [3.8, 4) is 0 Å². The molecule has 1 amide bonds. The molecule has 2 N–H and O–H groups in total. The summed E-state index contributed by atoms with van der Waals surface area (Å²) in [5.74, 6) is 0.0889. The summed E-state index contributed by atoms with van der Waals surface area (Å²) in [4.78, 5) is 16.7. The first-order valence-electron chi connectivity index (χ1n) is 8.35. The Morgan fingerprint density at radius 2 is 1.90 bits per heavy atom. The van der Waals surface area contributed by atoms with Crippen molar-refractivity contribution >= 4 is 5.91 Å². The predicted octanol–water partition coefficient (Wildman–Crippen LogP) is 0.822. The van der Waals surface area contributed by atoms with Gasteiger partial charge >= 0.3 is 0 Å². The van der Waals surface area contributed by atoms with Gasteiger partial charge in [0.05, 0.1) is 12.1 Å². The summed E-state index contributed by atoms with van der Waals surface area (Å²) < 4.78 is 0. The molecule has 0 aromatic carbocycles. The van der Waals surface area contributed by atoms with E-state index in [2.05, 4.69) is 10.2 Å². The first kappa shape index (κ1) is 16.7. The van der Waals surface area contributed by atoms with Gasteiger partial charge in [-0.1, -0.05) is 6.92 Å². The second kappa shape index (κ2) is 7.07. The maximum Gasteiger partial charge on any atom is 0.234 e. The Morgan fingerprint density at radius 1 is 1.29 bits per heavy atom. The Bertz CT molecular complexity index is 342. The largest absolute Gasteiger partial charge is 0.389 e. The molecule has 1 saturated heterocycles. The summed E-state index contributed by atoms with van der Waals surface area (Å²) in [7, 11) is 0. The van der Waals surface area contributed by atoms with Gasteiger partial charge in [0.2, 0.25) is 5.91 Å². The maximum absolute atomic E-state index is 12.1. The van der Waals surface area contributed by atoms with Crippen molar-refractivity contribution in [1.29, 1.82) is 0 Å². The quantitative estimate of drug-likeness (QED) is 0.730. The molecule has 1 heterocycles. The third-order valence-corrected chi connectivity index (χ3v) is 4.38. The fourth-order valence-electron chi connectivity index (χ4n) is 3.15. The fourth-order valence-corrected chi connectivity index (χ4v) is 3.15. The van der Waals surface area contributed by atoms with Crippen LogP contribution in [0.1, 0.15) is 46.5 Å². The highest BCUT2D eigenvalue weighted by Crippen LogP contribution is 2.29. The third-order valence-electron chi connectivity index (χ3n) is 4.38. The van der Waals surface area contributed by atoms with E-state index >= 15 is 0 Å². The summed E-state index contributed by atoms with van der Waals surface area (Å²) in [6, 6.07) is 1.16. The number of rotatable bonds is 7. The fraction of sp³-hybridized carbons (Fsp3) is 0.938. The third kappa shape index (κ3) is 5.93. The molecule has 5 nitrogen and oxygen atoms in total. The standard InChI is InChI=1S/C16H31N3O2/c1-4-18(12-16(2,3)21)11-15(20)17-13-7-9-19(10-8-13)14-5-6-14/h13-14,21H,4-12H2,1-3H3,(H,17,20). The van der Waals surface area contributed by atoms with Crippen LogP contribution in [0.4, 0.5) is 0 Å². The van der Waals surface area contributed by atoms with Crippen LogP contribution >= 0.6 is 0 Å². The lowest BCUT2D eigenvalue weighted by atomic mass is 10.0. The van der Waals surface area contributed by atoms with E-state index in [0.717, 1.165) is 38.5 Å². The number of aliphatic hydroxyl groups is 1. The molecule has 5 heteroatoms. The molecule has 21 heavy (non-hydrogen) atoms. The van der Waals surface area contributed by atoms with Gasteiger partial charge in [-0.25, -0.2) is 0 Å². The molecule has 2 aliphatic rings. The molecule has 0 bridgehead atoms. The number of amides is 1. The lowest BCUT2D eigenvalue weighted by Gasteiger charge is -2.33. The molecule has 2 rings (SSSR count). The van der Waals surface area contributed by atoms with Crippen LogP contribution in [0.15, 0.2) is 0 Å². The topological polar surface area (TPSA) is 55.8 Å². The van der Waals surface area contributed by atoms with Crippen molar-refractivity contribution in [3.05, 3.63) is 0 Å². The lowest BCUT2D eigenvalue weighted by molar-refractivity contribution is -0.123. The van der Waals surface area contributed by atoms with Gasteiger partial charge in [-0.3, -0.25) is 9.69 Å². The number of carbonyl (C=O) groups excluding carboxylic acids is 1. The van der Waals surface area contributed by atoms with Crippen LogP contribution in [0.3, 0.4) is 0 Å².